The predicted molar refractivity (Wildman–Crippen MR) is 87.0 cm³/mol. The monoisotopic (exact) mass is 279 g/mol. The van der Waals surface area contributed by atoms with Gasteiger partial charge in [-0.1, -0.05) is 42.5 Å². The molecule has 0 aliphatic heterocycles. The van der Waals surface area contributed by atoms with Crippen LogP contribution in [0, 0.1) is 18.3 Å². The highest BCUT2D eigenvalue weighted by Crippen LogP contribution is 2.28. The van der Waals surface area contributed by atoms with Crippen molar-refractivity contribution in [2.24, 2.45) is 5.73 Å². The van der Waals surface area contributed by atoms with Gasteiger partial charge in [0.1, 0.15) is 0 Å². The fourth-order valence-corrected chi connectivity index (χ4v) is 2.64. The van der Waals surface area contributed by atoms with E-state index in [4.69, 9.17) is 11.0 Å². The molecule has 21 heavy (non-hydrogen) atoms. The van der Waals surface area contributed by atoms with Gasteiger partial charge in [0.05, 0.1) is 18.5 Å². The quantitative estimate of drug-likeness (QED) is 0.881. The van der Waals surface area contributed by atoms with Gasteiger partial charge in [-0.05, 0) is 30.2 Å². The highest BCUT2D eigenvalue weighted by Gasteiger charge is 2.20. The zero-order valence-electron chi connectivity index (χ0n) is 12.4. The van der Waals surface area contributed by atoms with Crippen LogP contribution in [0.15, 0.2) is 54.6 Å². The molecule has 1 atom stereocenters. The van der Waals surface area contributed by atoms with Gasteiger partial charge in [0.15, 0.2) is 0 Å². The van der Waals surface area contributed by atoms with E-state index in [1.165, 1.54) is 11.1 Å². The lowest BCUT2D eigenvalue weighted by molar-refractivity contribution is 0.628. The second kappa shape index (κ2) is 7.47. The molecule has 2 aromatic rings. The van der Waals surface area contributed by atoms with Crippen molar-refractivity contribution in [3.8, 4) is 6.07 Å². The minimum Gasteiger partial charge on any atom is -0.362 e. The Bertz CT molecular complexity index is 601. The average Bonchev–Trinajstić information content (AvgIpc) is 2.53. The van der Waals surface area contributed by atoms with Crippen molar-refractivity contribution in [2.45, 2.75) is 19.4 Å². The van der Waals surface area contributed by atoms with Crippen molar-refractivity contribution in [3.63, 3.8) is 0 Å². The average molecular weight is 279 g/mol. The molecule has 0 fully saturated rings. The first-order chi connectivity index (χ1) is 10.3. The fraction of sp³-hybridized carbons (Fsp3) is 0.278. The molecule has 3 heteroatoms. The van der Waals surface area contributed by atoms with Gasteiger partial charge in [0.25, 0.3) is 0 Å². The summed E-state index contributed by atoms with van der Waals surface area (Å²) in [5.41, 5.74) is 9.61. The van der Waals surface area contributed by atoms with E-state index in [9.17, 15) is 0 Å². The third kappa shape index (κ3) is 3.62. The first-order valence-corrected chi connectivity index (χ1v) is 7.22. The van der Waals surface area contributed by atoms with E-state index in [0.717, 1.165) is 5.69 Å². The third-order valence-corrected chi connectivity index (χ3v) is 3.70. The van der Waals surface area contributed by atoms with E-state index in [1.807, 2.05) is 30.3 Å². The van der Waals surface area contributed by atoms with Gasteiger partial charge in [0.2, 0.25) is 0 Å². The zero-order chi connectivity index (χ0) is 15.1. The Morgan fingerprint density at radius 1 is 1.10 bits per heavy atom. The van der Waals surface area contributed by atoms with Crippen LogP contribution >= 0.6 is 0 Å². The number of nitrogens with zero attached hydrogens (tertiary/aromatic N) is 2. The van der Waals surface area contributed by atoms with Crippen LogP contribution in [0.2, 0.25) is 0 Å². The minimum absolute atomic E-state index is 0.0851. The predicted octanol–water partition coefficient (Wildman–Crippen LogP) is 3.42. The number of rotatable bonds is 6. The number of anilines is 1. The van der Waals surface area contributed by atoms with Gasteiger partial charge in [-0.15, -0.1) is 0 Å². The molecular formula is C18H21N3. The molecule has 0 saturated carbocycles. The number of nitriles is 1. The molecule has 0 heterocycles. The molecule has 0 spiro atoms. The van der Waals surface area contributed by atoms with Crippen molar-refractivity contribution in [3.05, 3.63) is 65.7 Å². The van der Waals surface area contributed by atoms with Crippen LogP contribution in [0.3, 0.4) is 0 Å². The Labute approximate surface area is 126 Å². The summed E-state index contributed by atoms with van der Waals surface area (Å²) in [6.45, 7) is 3.30. The smallest absolute Gasteiger partial charge is 0.0667 e. The van der Waals surface area contributed by atoms with Crippen LogP contribution in [-0.2, 0) is 0 Å². The van der Waals surface area contributed by atoms with E-state index in [1.54, 1.807) is 0 Å². The van der Waals surface area contributed by atoms with Gasteiger partial charge < -0.3 is 10.6 Å². The second-order valence-corrected chi connectivity index (χ2v) is 5.05. The van der Waals surface area contributed by atoms with Gasteiger partial charge >= 0.3 is 0 Å². The Kier molecular flexibility index (Phi) is 5.36. The number of para-hydroxylation sites is 1. The van der Waals surface area contributed by atoms with E-state index in [0.29, 0.717) is 19.5 Å². The normalized spacial score (nSPS) is 11.7. The van der Waals surface area contributed by atoms with Crippen LogP contribution in [0.25, 0.3) is 0 Å². The standard InChI is InChI=1S/C18H21N3/c1-15-8-5-6-11-17(15)18(14-20)21(13-7-12-19)16-9-3-2-4-10-16/h2-6,8-11,18H,7,13-14,20H2,1H3. The number of aryl methyl sites for hydroxylation is 1. The fourth-order valence-electron chi connectivity index (χ4n) is 2.64. The number of hydrogen-bond acceptors (Lipinski definition) is 3. The van der Waals surface area contributed by atoms with Crippen LogP contribution in [0.5, 0.6) is 0 Å². The molecule has 2 rings (SSSR count). The number of hydrogen-bond donors (Lipinski definition) is 1. The zero-order valence-corrected chi connectivity index (χ0v) is 12.4. The van der Waals surface area contributed by atoms with Crippen LogP contribution in [0.4, 0.5) is 5.69 Å². The molecule has 1 unspecified atom stereocenters. The van der Waals surface area contributed by atoms with E-state index >= 15 is 0 Å². The summed E-state index contributed by atoms with van der Waals surface area (Å²) < 4.78 is 0. The maximum Gasteiger partial charge on any atom is 0.0667 e. The second-order valence-electron chi connectivity index (χ2n) is 5.05. The Balaban J connectivity index is 2.38. The molecule has 0 saturated heterocycles. The molecule has 0 aromatic heterocycles. The Morgan fingerprint density at radius 3 is 2.38 bits per heavy atom. The Hall–Kier alpha value is -2.31. The van der Waals surface area contributed by atoms with E-state index in [-0.39, 0.29) is 6.04 Å². The first-order valence-electron chi connectivity index (χ1n) is 7.22. The van der Waals surface area contributed by atoms with Gasteiger partial charge in [-0.3, -0.25) is 0 Å². The van der Waals surface area contributed by atoms with Gasteiger partial charge in [0, 0.05) is 18.8 Å². The number of benzene rings is 2. The van der Waals surface area contributed by atoms with Crippen LogP contribution in [0.1, 0.15) is 23.6 Å². The van der Waals surface area contributed by atoms with Crippen LogP contribution < -0.4 is 10.6 Å². The highest BCUT2D eigenvalue weighted by molar-refractivity contribution is 5.50. The molecule has 2 N–H and O–H groups in total. The summed E-state index contributed by atoms with van der Waals surface area (Å²) in [6, 6.07) is 20.8. The lowest BCUT2D eigenvalue weighted by Crippen LogP contribution is -2.35. The maximum atomic E-state index is 8.93. The SMILES string of the molecule is Cc1ccccc1C(CN)N(CCC#N)c1ccccc1. The molecule has 0 aliphatic rings. The summed E-state index contributed by atoms with van der Waals surface area (Å²) in [5, 5.41) is 8.93. The van der Waals surface area contributed by atoms with Crippen molar-refractivity contribution < 1.29 is 0 Å². The lowest BCUT2D eigenvalue weighted by Gasteiger charge is -2.33. The summed E-state index contributed by atoms with van der Waals surface area (Å²) in [4.78, 5) is 2.23. The molecular weight excluding hydrogens is 258 g/mol. The summed E-state index contributed by atoms with van der Waals surface area (Å²) in [6.07, 6.45) is 0.483. The topological polar surface area (TPSA) is 53.0 Å². The maximum absolute atomic E-state index is 8.93. The minimum atomic E-state index is 0.0851. The number of nitrogens with two attached hydrogens (primary N) is 1. The van der Waals surface area contributed by atoms with Crippen LogP contribution in [-0.4, -0.2) is 13.1 Å². The van der Waals surface area contributed by atoms with E-state index in [2.05, 4.69) is 42.2 Å². The molecule has 0 aliphatic carbocycles. The molecule has 3 nitrogen and oxygen atoms in total. The Morgan fingerprint density at radius 2 is 1.76 bits per heavy atom. The molecule has 0 radical (unpaired) electrons. The van der Waals surface area contributed by atoms with Crippen molar-refractivity contribution in [2.75, 3.05) is 18.0 Å². The molecule has 108 valence electrons. The lowest BCUT2D eigenvalue weighted by atomic mass is 9.99. The summed E-state index contributed by atoms with van der Waals surface area (Å²) in [5.74, 6) is 0. The van der Waals surface area contributed by atoms with Crippen molar-refractivity contribution >= 4 is 5.69 Å². The van der Waals surface area contributed by atoms with Crippen molar-refractivity contribution in [1.82, 2.24) is 0 Å². The first kappa shape index (κ1) is 15.1. The van der Waals surface area contributed by atoms with Crippen molar-refractivity contribution in [1.29, 1.82) is 5.26 Å². The summed E-state index contributed by atoms with van der Waals surface area (Å²) >= 11 is 0. The molecule has 0 bridgehead atoms. The molecule has 2 aromatic carbocycles. The van der Waals surface area contributed by atoms with E-state index < -0.39 is 0 Å². The summed E-state index contributed by atoms with van der Waals surface area (Å²) in [7, 11) is 0. The van der Waals surface area contributed by atoms with Gasteiger partial charge in [-0.2, -0.15) is 5.26 Å². The third-order valence-electron chi connectivity index (χ3n) is 3.70. The molecule has 0 amide bonds. The highest BCUT2D eigenvalue weighted by atomic mass is 15.2. The largest absolute Gasteiger partial charge is 0.362 e. The van der Waals surface area contributed by atoms with Gasteiger partial charge in [-0.25, -0.2) is 0 Å².